The Kier molecular flexibility index (Phi) is 3.69. The molecular formula is C14H18N2O2. The molecule has 0 saturated carbocycles. The highest BCUT2D eigenvalue weighted by molar-refractivity contribution is 5.37. The quantitative estimate of drug-likeness (QED) is 0.642. The molecule has 0 fully saturated rings. The first-order valence-corrected chi connectivity index (χ1v) is 5.82. The molecule has 18 heavy (non-hydrogen) atoms. The van der Waals surface area contributed by atoms with Crippen LogP contribution >= 0.6 is 0 Å². The lowest BCUT2D eigenvalue weighted by Gasteiger charge is -2.16. The molecule has 1 aromatic heterocycles. The van der Waals surface area contributed by atoms with Crippen molar-refractivity contribution >= 4 is 0 Å². The number of nitrogens with two attached hydrogens (primary N) is 1. The minimum atomic E-state index is -0.0756. The third-order valence-corrected chi connectivity index (χ3v) is 3.01. The molecule has 1 aromatic carbocycles. The fourth-order valence-electron chi connectivity index (χ4n) is 2.10. The third-order valence-electron chi connectivity index (χ3n) is 3.01. The maximum atomic E-state index is 5.66. The van der Waals surface area contributed by atoms with E-state index in [1.54, 1.807) is 7.11 Å². The van der Waals surface area contributed by atoms with Gasteiger partial charge >= 0.3 is 0 Å². The zero-order valence-corrected chi connectivity index (χ0v) is 10.9. The van der Waals surface area contributed by atoms with E-state index in [1.807, 2.05) is 44.2 Å². The second kappa shape index (κ2) is 5.25. The van der Waals surface area contributed by atoms with Gasteiger partial charge in [-0.2, -0.15) is 0 Å². The average Bonchev–Trinajstić information content (AvgIpc) is 2.70. The highest BCUT2D eigenvalue weighted by Crippen LogP contribution is 2.27. The van der Waals surface area contributed by atoms with Gasteiger partial charge in [0.1, 0.15) is 17.3 Å². The van der Waals surface area contributed by atoms with Crippen molar-refractivity contribution in [2.45, 2.75) is 19.9 Å². The summed E-state index contributed by atoms with van der Waals surface area (Å²) < 4.78 is 10.7. The Labute approximate surface area is 107 Å². The highest BCUT2D eigenvalue weighted by Gasteiger charge is 2.17. The van der Waals surface area contributed by atoms with E-state index in [-0.39, 0.29) is 6.04 Å². The molecule has 0 radical (unpaired) electrons. The van der Waals surface area contributed by atoms with Crippen LogP contribution in [-0.2, 0) is 0 Å². The Morgan fingerprint density at radius 3 is 2.33 bits per heavy atom. The van der Waals surface area contributed by atoms with Crippen molar-refractivity contribution in [3.63, 3.8) is 0 Å². The Morgan fingerprint density at radius 2 is 1.89 bits per heavy atom. The van der Waals surface area contributed by atoms with Crippen LogP contribution in [0, 0.1) is 13.8 Å². The van der Waals surface area contributed by atoms with Crippen molar-refractivity contribution in [2.24, 2.45) is 5.84 Å². The van der Waals surface area contributed by atoms with Crippen molar-refractivity contribution in [1.82, 2.24) is 5.43 Å². The van der Waals surface area contributed by atoms with Gasteiger partial charge in [-0.05, 0) is 37.6 Å². The molecule has 0 spiro atoms. The van der Waals surface area contributed by atoms with E-state index >= 15 is 0 Å². The number of hydrazine groups is 1. The van der Waals surface area contributed by atoms with E-state index < -0.39 is 0 Å². The van der Waals surface area contributed by atoms with E-state index in [0.29, 0.717) is 0 Å². The predicted molar refractivity (Wildman–Crippen MR) is 70.3 cm³/mol. The molecule has 2 aromatic rings. The minimum absolute atomic E-state index is 0.0756. The third kappa shape index (κ3) is 2.39. The van der Waals surface area contributed by atoms with Gasteiger partial charge in [0.25, 0.3) is 0 Å². The summed E-state index contributed by atoms with van der Waals surface area (Å²) in [5, 5.41) is 0. The van der Waals surface area contributed by atoms with Gasteiger partial charge in [-0.3, -0.25) is 5.84 Å². The smallest absolute Gasteiger partial charge is 0.118 e. The topological polar surface area (TPSA) is 60.4 Å². The molecule has 2 rings (SSSR count). The van der Waals surface area contributed by atoms with Gasteiger partial charge in [-0.1, -0.05) is 12.1 Å². The number of aryl methyl sites for hydroxylation is 2. The largest absolute Gasteiger partial charge is 0.497 e. The fraction of sp³-hybridized carbons (Fsp3) is 0.286. The molecular weight excluding hydrogens is 228 g/mol. The van der Waals surface area contributed by atoms with Crippen LogP contribution in [-0.4, -0.2) is 7.11 Å². The molecule has 1 heterocycles. The number of nitrogens with one attached hydrogen (secondary N) is 1. The summed E-state index contributed by atoms with van der Waals surface area (Å²) in [5.74, 6) is 8.26. The van der Waals surface area contributed by atoms with Gasteiger partial charge in [0.05, 0.1) is 13.2 Å². The molecule has 0 aliphatic rings. The van der Waals surface area contributed by atoms with E-state index in [0.717, 1.165) is 28.4 Å². The van der Waals surface area contributed by atoms with Crippen LogP contribution < -0.4 is 16.0 Å². The van der Waals surface area contributed by atoms with Crippen LogP contribution in [0.5, 0.6) is 5.75 Å². The number of rotatable bonds is 4. The van der Waals surface area contributed by atoms with Crippen molar-refractivity contribution in [3.8, 4) is 5.75 Å². The molecule has 0 aliphatic carbocycles. The first kappa shape index (κ1) is 12.7. The van der Waals surface area contributed by atoms with E-state index in [2.05, 4.69) is 5.43 Å². The van der Waals surface area contributed by atoms with Gasteiger partial charge in [-0.15, -0.1) is 0 Å². The average molecular weight is 246 g/mol. The van der Waals surface area contributed by atoms with Crippen LogP contribution in [0.15, 0.2) is 34.7 Å². The lowest BCUT2D eigenvalue weighted by molar-refractivity contribution is 0.414. The first-order chi connectivity index (χ1) is 8.65. The normalized spacial score (nSPS) is 12.4. The second-order valence-corrected chi connectivity index (χ2v) is 4.24. The van der Waals surface area contributed by atoms with Crippen molar-refractivity contribution in [3.05, 3.63) is 53.0 Å². The predicted octanol–water partition coefficient (Wildman–Crippen LogP) is 2.46. The lowest BCUT2D eigenvalue weighted by atomic mass is 9.99. The van der Waals surface area contributed by atoms with Crippen LogP contribution in [0.25, 0.3) is 0 Å². The standard InChI is InChI=1S/C14H18N2O2/c1-9-8-13(10(2)18-9)14(16-15)11-4-6-12(17-3)7-5-11/h4-8,14,16H,15H2,1-3H3. The van der Waals surface area contributed by atoms with Gasteiger partial charge < -0.3 is 9.15 Å². The summed E-state index contributed by atoms with van der Waals surface area (Å²) in [5.41, 5.74) is 4.95. The SMILES string of the molecule is COc1ccc(C(NN)c2cc(C)oc2C)cc1. The second-order valence-electron chi connectivity index (χ2n) is 4.24. The van der Waals surface area contributed by atoms with Gasteiger partial charge in [0, 0.05) is 5.56 Å². The lowest BCUT2D eigenvalue weighted by Crippen LogP contribution is -2.28. The molecule has 0 saturated heterocycles. The summed E-state index contributed by atoms with van der Waals surface area (Å²) in [6.45, 7) is 3.87. The molecule has 4 heteroatoms. The Bertz CT molecular complexity index is 517. The van der Waals surface area contributed by atoms with Crippen molar-refractivity contribution in [2.75, 3.05) is 7.11 Å². The summed E-state index contributed by atoms with van der Waals surface area (Å²) >= 11 is 0. The summed E-state index contributed by atoms with van der Waals surface area (Å²) in [7, 11) is 1.65. The molecule has 4 nitrogen and oxygen atoms in total. The molecule has 0 amide bonds. The Morgan fingerprint density at radius 1 is 1.22 bits per heavy atom. The van der Waals surface area contributed by atoms with Crippen LogP contribution in [0.3, 0.4) is 0 Å². The number of hydrogen-bond donors (Lipinski definition) is 2. The highest BCUT2D eigenvalue weighted by atomic mass is 16.5. The van der Waals surface area contributed by atoms with Gasteiger partial charge in [0.2, 0.25) is 0 Å². The fourth-order valence-corrected chi connectivity index (χ4v) is 2.10. The maximum Gasteiger partial charge on any atom is 0.118 e. The van der Waals surface area contributed by atoms with Crippen LogP contribution in [0.1, 0.15) is 28.7 Å². The minimum Gasteiger partial charge on any atom is -0.497 e. The molecule has 0 bridgehead atoms. The van der Waals surface area contributed by atoms with Gasteiger partial charge in [0.15, 0.2) is 0 Å². The molecule has 1 atom stereocenters. The van der Waals surface area contributed by atoms with Crippen LogP contribution in [0.4, 0.5) is 0 Å². The number of ether oxygens (including phenoxy) is 1. The van der Waals surface area contributed by atoms with E-state index in [9.17, 15) is 0 Å². The number of hydrogen-bond acceptors (Lipinski definition) is 4. The number of furan rings is 1. The summed E-state index contributed by atoms with van der Waals surface area (Å²) in [4.78, 5) is 0. The van der Waals surface area contributed by atoms with E-state index in [1.165, 1.54) is 0 Å². The molecule has 1 unspecified atom stereocenters. The van der Waals surface area contributed by atoms with Crippen molar-refractivity contribution in [1.29, 1.82) is 0 Å². The van der Waals surface area contributed by atoms with E-state index in [4.69, 9.17) is 15.0 Å². The first-order valence-electron chi connectivity index (χ1n) is 5.82. The molecule has 0 aliphatic heterocycles. The summed E-state index contributed by atoms with van der Waals surface area (Å²) in [6, 6.07) is 9.75. The maximum absolute atomic E-state index is 5.66. The monoisotopic (exact) mass is 246 g/mol. The van der Waals surface area contributed by atoms with Crippen molar-refractivity contribution < 1.29 is 9.15 Å². The molecule has 3 N–H and O–H groups in total. The number of methoxy groups -OCH3 is 1. The Hall–Kier alpha value is -1.78. The Balaban J connectivity index is 2.35. The number of benzene rings is 1. The summed E-state index contributed by atoms with van der Waals surface area (Å²) in [6.07, 6.45) is 0. The zero-order valence-electron chi connectivity index (χ0n) is 10.9. The molecule has 96 valence electrons. The van der Waals surface area contributed by atoms with Gasteiger partial charge in [-0.25, -0.2) is 5.43 Å². The van der Waals surface area contributed by atoms with Crippen LogP contribution in [0.2, 0.25) is 0 Å². The zero-order chi connectivity index (χ0) is 13.1.